The number of rotatable bonds is 7. The smallest absolute Gasteiger partial charge is 0.433 e. The fourth-order valence-corrected chi connectivity index (χ4v) is 2.20. The first-order chi connectivity index (χ1) is 12.3. The Morgan fingerprint density at radius 3 is 2.54 bits per heavy atom. The predicted molar refractivity (Wildman–Crippen MR) is 84.8 cm³/mol. The Hall–Kier alpha value is -2.95. The Balaban J connectivity index is 2.36. The standard InChI is InChI=1S/C15H15F3N4O4/c1-26-13-5-3-11(22(24)25)14(20-13)21(6-7-23)9-10-2-4-12(19-8-10)15(16,17)18/h2-5,8,23H,6-7,9H2,1H3. The molecular formula is C15H15F3N4O4. The molecular weight excluding hydrogens is 357 g/mol. The Morgan fingerprint density at radius 2 is 2.04 bits per heavy atom. The number of hydrogen-bond donors (Lipinski definition) is 1. The molecule has 0 unspecified atom stereocenters. The highest BCUT2D eigenvalue weighted by Gasteiger charge is 2.32. The van der Waals surface area contributed by atoms with Crippen LogP contribution in [-0.2, 0) is 12.7 Å². The molecule has 8 nitrogen and oxygen atoms in total. The van der Waals surface area contributed by atoms with Gasteiger partial charge in [0.05, 0.1) is 18.6 Å². The van der Waals surface area contributed by atoms with E-state index in [1.165, 1.54) is 30.2 Å². The van der Waals surface area contributed by atoms with Crippen LogP contribution in [0.3, 0.4) is 0 Å². The molecule has 0 bridgehead atoms. The van der Waals surface area contributed by atoms with Crippen LogP contribution in [0.25, 0.3) is 0 Å². The Kier molecular flexibility index (Phi) is 5.93. The van der Waals surface area contributed by atoms with Gasteiger partial charge in [-0.15, -0.1) is 0 Å². The van der Waals surface area contributed by atoms with Gasteiger partial charge in [0.25, 0.3) is 0 Å². The molecule has 0 atom stereocenters. The predicted octanol–water partition coefficient (Wildman–Crippen LogP) is 2.41. The first-order valence-electron chi connectivity index (χ1n) is 7.33. The second-order valence-electron chi connectivity index (χ2n) is 5.15. The second kappa shape index (κ2) is 7.95. The van der Waals surface area contributed by atoms with Crippen molar-refractivity contribution in [2.45, 2.75) is 12.7 Å². The summed E-state index contributed by atoms with van der Waals surface area (Å²) in [5.41, 5.74) is -0.995. The van der Waals surface area contributed by atoms with E-state index in [9.17, 15) is 28.4 Å². The van der Waals surface area contributed by atoms with E-state index in [0.29, 0.717) is 5.56 Å². The van der Waals surface area contributed by atoms with Gasteiger partial charge >= 0.3 is 11.9 Å². The number of aliphatic hydroxyl groups is 1. The molecule has 11 heteroatoms. The summed E-state index contributed by atoms with van der Waals surface area (Å²) in [5.74, 6) is 0.0578. The summed E-state index contributed by atoms with van der Waals surface area (Å²) in [4.78, 5) is 19.3. The molecule has 0 amide bonds. The van der Waals surface area contributed by atoms with Crippen molar-refractivity contribution < 1.29 is 27.9 Å². The molecule has 2 aromatic heterocycles. The lowest BCUT2D eigenvalue weighted by molar-refractivity contribution is -0.384. The molecule has 0 fully saturated rings. The van der Waals surface area contributed by atoms with Gasteiger partial charge < -0.3 is 14.7 Å². The second-order valence-corrected chi connectivity index (χ2v) is 5.15. The van der Waals surface area contributed by atoms with E-state index in [2.05, 4.69) is 9.97 Å². The summed E-state index contributed by atoms with van der Waals surface area (Å²) in [6, 6.07) is 4.56. The van der Waals surface area contributed by atoms with Gasteiger partial charge in [-0.3, -0.25) is 15.1 Å². The van der Waals surface area contributed by atoms with Crippen molar-refractivity contribution in [3.05, 3.63) is 51.8 Å². The molecule has 2 heterocycles. The van der Waals surface area contributed by atoms with Gasteiger partial charge in [-0.05, 0) is 11.6 Å². The van der Waals surface area contributed by atoms with Crippen molar-refractivity contribution in [3.8, 4) is 5.88 Å². The molecule has 0 aliphatic carbocycles. The van der Waals surface area contributed by atoms with E-state index in [1.54, 1.807) is 0 Å². The van der Waals surface area contributed by atoms with Crippen LogP contribution in [0.5, 0.6) is 5.88 Å². The summed E-state index contributed by atoms with van der Waals surface area (Å²) in [5, 5.41) is 20.5. The fraction of sp³-hybridized carbons (Fsp3) is 0.333. The third kappa shape index (κ3) is 4.57. The number of pyridine rings is 2. The number of nitro groups is 1. The van der Waals surface area contributed by atoms with E-state index in [0.717, 1.165) is 12.3 Å². The van der Waals surface area contributed by atoms with Gasteiger partial charge in [-0.2, -0.15) is 18.2 Å². The van der Waals surface area contributed by atoms with Crippen LogP contribution >= 0.6 is 0 Å². The summed E-state index contributed by atoms with van der Waals surface area (Å²) in [7, 11) is 1.34. The normalized spacial score (nSPS) is 11.3. The first-order valence-corrected chi connectivity index (χ1v) is 7.33. The number of halogens is 3. The monoisotopic (exact) mass is 372 g/mol. The lowest BCUT2D eigenvalue weighted by atomic mass is 10.2. The minimum atomic E-state index is -4.56. The number of alkyl halides is 3. The highest BCUT2D eigenvalue weighted by Crippen LogP contribution is 2.30. The molecule has 140 valence electrons. The zero-order chi connectivity index (χ0) is 19.3. The van der Waals surface area contributed by atoms with Crippen LogP contribution in [0.1, 0.15) is 11.3 Å². The maximum atomic E-state index is 12.6. The van der Waals surface area contributed by atoms with E-state index >= 15 is 0 Å². The van der Waals surface area contributed by atoms with Crippen LogP contribution in [0.15, 0.2) is 30.5 Å². The minimum Gasteiger partial charge on any atom is -0.481 e. The maximum absolute atomic E-state index is 12.6. The van der Waals surface area contributed by atoms with Crippen LogP contribution in [-0.4, -0.2) is 40.3 Å². The van der Waals surface area contributed by atoms with Gasteiger partial charge in [-0.1, -0.05) is 6.07 Å². The molecule has 0 aliphatic rings. The molecule has 0 spiro atoms. The maximum Gasteiger partial charge on any atom is 0.433 e. The van der Waals surface area contributed by atoms with Crippen molar-refractivity contribution in [2.75, 3.05) is 25.2 Å². The molecule has 0 aliphatic heterocycles. The first kappa shape index (κ1) is 19.4. The average molecular weight is 372 g/mol. The molecule has 2 aromatic rings. The van der Waals surface area contributed by atoms with Crippen LogP contribution in [0, 0.1) is 10.1 Å². The summed E-state index contributed by atoms with van der Waals surface area (Å²) >= 11 is 0. The SMILES string of the molecule is COc1ccc([N+](=O)[O-])c(N(CCO)Cc2ccc(C(F)(F)F)nc2)n1. The van der Waals surface area contributed by atoms with E-state index < -0.39 is 16.8 Å². The highest BCUT2D eigenvalue weighted by molar-refractivity contribution is 5.59. The topological polar surface area (TPSA) is 102 Å². The number of aromatic nitrogens is 2. The Morgan fingerprint density at radius 1 is 1.31 bits per heavy atom. The van der Waals surface area contributed by atoms with Crippen molar-refractivity contribution in [1.82, 2.24) is 9.97 Å². The summed E-state index contributed by atoms with van der Waals surface area (Å²) < 4.78 is 42.7. The quantitative estimate of drug-likeness (QED) is 0.588. The van der Waals surface area contributed by atoms with E-state index in [4.69, 9.17) is 4.74 Å². The third-order valence-electron chi connectivity index (χ3n) is 3.39. The third-order valence-corrected chi connectivity index (χ3v) is 3.39. The molecule has 1 N–H and O–H groups in total. The number of methoxy groups -OCH3 is 1. The minimum absolute atomic E-state index is 0.0258. The van der Waals surface area contributed by atoms with Crippen molar-refractivity contribution >= 4 is 11.5 Å². The van der Waals surface area contributed by atoms with Crippen molar-refractivity contribution in [3.63, 3.8) is 0 Å². The molecule has 0 saturated heterocycles. The number of aliphatic hydroxyl groups excluding tert-OH is 1. The van der Waals surface area contributed by atoms with Crippen molar-refractivity contribution in [2.24, 2.45) is 0 Å². The molecule has 2 rings (SSSR count). The van der Waals surface area contributed by atoms with Gasteiger partial charge in [0.15, 0.2) is 0 Å². The zero-order valence-electron chi connectivity index (χ0n) is 13.6. The van der Waals surface area contributed by atoms with E-state index in [-0.39, 0.29) is 37.1 Å². The Bertz CT molecular complexity index is 768. The Labute approximate surface area is 146 Å². The zero-order valence-corrected chi connectivity index (χ0v) is 13.6. The van der Waals surface area contributed by atoms with Crippen LogP contribution in [0.4, 0.5) is 24.7 Å². The summed E-state index contributed by atoms with van der Waals surface area (Å²) in [6.45, 7) is -0.404. The molecule has 26 heavy (non-hydrogen) atoms. The lowest BCUT2D eigenvalue weighted by Gasteiger charge is -2.23. The molecule has 0 aromatic carbocycles. The highest BCUT2D eigenvalue weighted by atomic mass is 19.4. The number of ether oxygens (including phenoxy) is 1. The lowest BCUT2D eigenvalue weighted by Crippen LogP contribution is -2.28. The van der Waals surface area contributed by atoms with Gasteiger partial charge in [0, 0.05) is 31.4 Å². The number of anilines is 1. The number of hydrogen-bond acceptors (Lipinski definition) is 7. The summed E-state index contributed by atoms with van der Waals surface area (Å²) in [6.07, 6.45) is -3.53. The van der Waals surface area contributed by atoms with Crippen LogP contribution in [0.2, 0.25) is 0 Å². The average Bonchev–Trinajstić information content (AvgIpc) is 2.60. The molecule has 0 saturated carbocycles. The van der Waals surface area contributed by atoms with Gasteiger partial charge in [-0.25, -0.2) is 0 Å². The van der Waals surface area contributed by atoms with E-state index in [1.807, 2.05) is 0 Å². The number of nitrogens with zero attached hydrogens (tertiary/aromatic N) is 4. The van der Waals surface area contributed by atoms with Crippen LogP contribution < -0.4 is 9.64 Å². The van der Waals surface area contributed by atoms with Crippen molar-refractivity contribution in [1.29, 1.82) is 0 Å². The fourth-order valence-electron chi connectivity index (χ4n) is 2.20. The molecule has 0 radical (unpaired) electrons. The van der Waals surface area contributed by atoms with Gasteiger partial charge in [0.1, 0.15) is 5.69 Å². The largest absolute Gasteiger partial charge is 0.481 e. The van der Waals surface area contributed by atoms with Gasteiger partial charge in [0.2, 0.25) is 11.7 Å².